The van der Waals surface area contributed by atoms with Crippen LogP contribution in [0.5, 0.6) is 0 Å². The van der Waals surface area contributed by atoms with Crippen molar-refractivity contribution >= 4 is 0 Å². The molecule has 4 atom stereocenters. The summed E-state index contributed by atoms with van der Waals surface area (Å²) in [7, 11) is 0. The molecule has 1 heterocycles. The molecule has 0 bridgehead atoms. The van der Waals surface area contributed by atoms with Gasteiger partial charge in [0.1, 0.15) is 0 Å². The molecule has 2 fully saturated rings. The molecule has 0 amide bonds. The highest BCUT2D eigenvalue weighted by atomic mass is 16.5. The SMILES string of the molecule is CC(NC1CCCCC1O)C1CCOC1. The molecule has 4 unspecified atom stereocenters. The van der Waals surface area contributed by atoms with Crippen LogP contribution in [-0.2, 0) is 4.74 Å². The molecule has 1 aliphatic heterocycles. The minimum atomic E-state index is -0.136. The Morgan fingerprint density at radius 3 is 2.73 bits per heavy atom. The molecule has 0 aromatic heterocycles. The van der Waals surface area contributed by atoms with E-state index in [-0.39, 0.29) is 6.10 Å². The minimum Gasteiger partial charge on any atom is -0.392 e. The summed E-state index contributed by atoms with van der Waals surface area (Å²) in [5.74, 6) is 0.638. The topological polar surface area (TPSA) is 41.5 Å². The van der Waals surface area contributed by atoms with E-state index in [0.29, 0.717) is 18.0 Å². The van der Waals surface area contributed by atoms with Crippen molar-refractivity contribution in [3.63, 3.8) is 0 Å². The zero-order valence-corrected chi connectivity index (χ0v) is 9.61. The average molecular weight is 213 g/mol. The average Bonchev–Trinajstić information content (AvgIpc) is 2.74. The number of rotatable bonds is 3. The molecule has 15 heavy (non-hydrogen) atoms. The van der Waals surface area contributed by atoms with Crippen LogP contribution in [0, 0.1) is 5.92 Å². The first-order valence-electron chi connectivity index (χ1n) is 6.29. The van der Waals surface area contributed by atoms with E-state index in [1.807, 2.05) is 0 Å². The molecule has 0 radical (unpaired) electrons. The van der Waals surface area contributed by atoms with Gasteiger partial charge in [-0.15, -0.1) is 0 Å². The quantitative estimate of drug-likeness (QED) is 0.742. The maximum absolute atomic E-state index is 9.87. The highest BCUT2D eigenvalue weighted by Gasteiger charge is 2.28. The van der Waals surface area contributed by atoms with Crippen LogP contribution < -0.4 is 5.32 Å². The van der Waals surface area contributed by atoms with Crippen LogP contribution in [0.15, 0.2) is 0 Å². The van der Waals surface area contributed by atoms with Gasteiger partial charge in [-0.05, 0) is 32.1 Å². The van der Waals surface area contributed by atoms with E-state index in [0.717, 1.165) is 32.5 Å². The van der Waals surface area contributed by atoms with E-state index in [2.05, 4.69) is 12.2 Å². The van der Waals surface area contributed by atoms with Gasteiger partial charge in [0.15, 0.2) is 0 Å². The van der Waals surface area contributed by atoms with Crippen LogP contribution in [0.2, 0.25) is 0 Å². The lowest BCUT2D eigenvalue weighted by Crippen LogP contribution is -2.48. The fraction of sp³-hybridized carbons (Fsp3) is 1.00. The van der Waals surface area contributed by atoms with Gasteiger partial charge < -0.3 is 15.2 Å². The summed E-state index contributed by atoms with van der Waals surface area (Å²) in [5, 5.41) is 13.4. The smallest absolute Gasteiger partial charge is 0.0693 e. The van der Waals surface area contributed by atoms with Gasteiger partial charge in [-0.1, -0.05) is 12.8 Å². The molecular weight excluding hydrogens is 190 g/mol. The second kappa shape index (κ2) is 5.28. The molecule has 0 aromatic carbocycles. The van der Waals surface area contributed by atoms with Crippen LogP contribution in [-0.4, -0.2) is 36.5 Å². The van der Waals surface area contributed by atoms with Gasteiger partial charge in [0.25, 0.3) is 0 Å². The first kappa shape index (κ1) is 11.4. The van der Waals surface area contributed by atoms with E-state index >= 15 is 0 Å². The van der Waals surface area contributed by atoms with Crippen LogP contribution in [0.1, 0.15) is 39.0 Å². The lowest BCUT2D eigenvalue weighted by molar-refractivity contribution is 0.0797. The Balaban J connectivity index is 1.78. The second-order valence-electron chi connectivity index (χ2n) is 5.04. The standard InChI is InChI=1S/C12H23NO2/c1-9(10-6-7-15-8-10)13-11-4-2-3-5-12(11)14/h9-14H,2-8H2,1H3. The third-order valence-electron chi connectivity index (χ3n) is 3.88. The second-order valence-corrected chi connectivity index (χ2v) is 5.04. The molecule has 3 nitrogen and oxygen atoms in total. The van der Waals surface area contributed by atoms with Gasteiger partial charge >= 0.3 is 0 Å². The Kier molecular flexibility index (Phi) is 4.00. The van der Waals surface area contributed by atoms with Crippen molar-refractivity contribution in [3.05, 3.63) is 0 Å². The number of aliphatic hydroxyl groups excluding tert-OH is 1. The molecule has 0 spiro atoms. The molecule has 3 heteroatoms. The molecular formula is C12H23NO2. The van der Waals surface area contributed by atoms with E-state index in [1.54, 1.807) is 0 Å². The highest BCUT2D eigenvalue weighted by molar-refractivity contribution is 4.85. The Morgan fingerprint density at radius 1 is 1.27 bits per heavy atom. The van der Waals surface area contributed by atoms with Gasteiger partial charge in [0.05, 0.1) is 12.7 Å². The van der Waals surface area contributed by atoms with Crippen molar-refractivity contribution in [1.82, 2.24) is 5.32 Å². The van der Waals surface area contributed by atoms with E-state index in [9.17, 15) is 5.11 Å². The number of ether oxygens (including phenoxy) is 1. The monoisotopic (exact) mass is 213 g/mol. The number of hydrogen-bond acceptors (Lipinski definition) is 3. The van der Waals surface area contributed by atoms with Crippen LogP contribution in [0.3, 0.4) is 0 Å². The summed E-state index contributed by atoms with van der Waals surface area (Å²) in [6.45, 7) is 4.02. The molecule has 1 saturated heterocycles. The fourth-order valence-electron chi connectivity index (χ4n) is 2.73. The first-order valence-corrected chi connectivity index (χ1v) is 6.29. The summed E-state index contributed by atoms with van der Waals surface area (Å²) in [4.78, 5) is 0. The summed E-state index contributed by atoms with van der Waals surface area (Å²) >= 11 is 0. The van der Waals surface area contributed by atoms with Crippen molar-refractivity contribution in [2.45, 2.75) is 57.2 Å². The predicted molar refractivity (Wildman–Crippen MR) is 59.8 cm³/mol. The molecule has 0 aromatic rings. The number of nitrogens with one attached hydrogen (secondary N) is 1. The van der Waals surface area contributed by atoms with E-state index < -0.39 is 0 Å². The molecule has 2 N–H and O–H groups in total. The summed E-state index contributed by atoms with van der Waals surface area (Å²) in [5.41, 5.74) is 0. The van der Waals surface area contributed by atoms with Gasteiger partial charge in [-0.25, -0.2) is 0 Å². The van der Waals surface area contributed by atoms with E-state index in [4.69, 9.17) is 4.74 Å². The molecule has 88 valence electrons. The van der Waals surface area contributed by atoms with Crippen LogP contribution in [0.4, 0.5) is 0 Å². The maximum Gasteiger partial charge on any atom is 0.0693 e. The van der Waals surface area contributed by atoms with Gasteiger partial charge in [0.2, 0.25) is 0 Å². The zero-order valence-electron chi connectivity index (χ0n) is 9.61. The predicted octanol–water partition coefficient (Wildman–Crippen LogP) is 1.30. The Morgan fingerprint density at radius 2 is 2.07 bits per heavy atom. The van der Waals surface area contributed by atoms with Crippen molar-refractivity contribution in [3.8, 4) is 0 Å². The third-order valence-corrected chi connectivity index (χ3v) is 3.88. The maximum atomic E-state index is 9.87. The number of hydrogen-bond donors (Lipinski definition) is 2. The molecule has 2 aliphatic rings. The normalized spacial score (nSPS) is 39.2. The Hall–Kier alpha value is -0.120. The minimum absolute atomic E-state index is 0.136. The van der Waals surface area contributed by atoms with Crippen molar-refractivity contribution in [2.24, 2.45) is 5.92 Å². The van der Waals surface area contributed by atoms with E-state index in [1.165, 1.54) is 12.8 Å². The van der Waals surface area contributed by atoms with Gasteiger partial charge in [0, 0.05) is 18.7 Å². The molecule has 1 saturated carbocycles. The van der Waals surface area contributed by atoms with Crippen molar-refractivity contribution < 1.29 is 9.84 Å². The lowest BCUT2D eigenvalue weighted by atomic mass is 9.90. The van der Waals surface area contributed by atoms with Crippen LogP contribution in [0.25, 0.3) is 0 Å². The van der Waals surface area contributed by atoms with Crippen molar-refractivity contribution in [2.75, 3.05) is 13.2 Å². The van der Waals surface area contributed by atoms with Gasteiger partial charge in [-0.2, -0.15) is 0 Å². The molecule has 1 aliphatic carbocycles. The Bertz CT molecular complexity index is 192. The van der Waals surface area contributed by atoms with Crippen LogP contribution >= 0.6 is 0 Å². The molecule has 2 rings (SSSR count). The fourth-order valence-corrected chi connectivity index (χ4v) is 2.73. The zero-order chi connectivity index (χ0) is 10.7. The lowest BCUT2D eigenvalue weighted by Gasteiger charge is -2.32. The highest BCUT2D eigenvalue weighted by Crippen LogP contribution is 2.22. The Labute approximate surface area is 92.2 Å². The number of aliphatic hydroxyl groups is 1. The first-order chi connectivity index (χ1) is 7.27. The summed E-state index contributed by atoms with van der Waals surface area (Å²) < 4.78 is 5.39. The van der Waals surface area contributed by atoms with Crippen molar-refractivity contribution in [1.29, 1.82) is 0 Å². The summed E-state index contributed by atoms with van der Waals surface area (Å²) in [6, 6.07) is 0.791. The van der Waals surface area contributed by atoms with Gasteiger partial charge in [-0.3, -0.25) is 0 Å². The third kappa shape index (κ3) is 2.92. The summed E-state index contributed by atoms with van der Waals surface area (Å²) in [6.07, 6.45) is 5.55. The largest absolute Gasteiger partial charge is 0.392 e.